The minimum Gasteiger partial charge on any atom is -0.324 e. The van der Waals surface area contributed by atoms with Crippen LogP contribution in [0.5, 0.6) is 0 Å². The van der Waals surface area contributed by atoms with Gasteiger partial charge in [0, 0.05) is 5.02 Å². The third-order valence-corrected chi connectivity index (χ3v) is 4.19. The Hall–Kier alpha value is -3.33. The summed E-state index contributed by atoms with van der Waals surface area (Å²) in [5.74, 6) is -0.950. The number of para-hydroxylation sites is 2. The first-order chi connectivity index (χ1) is 13.3. The van der Waals surface area contributed by atoms with Crippen molar-refractivity contribution in [3.63, 3.8) is 0 Å². The highest BCUT2D eigenvalue weighted by Crippen LogP contribution is 2.34. The second-order valence-corrected chi connectivity index (χ2v) is 6.29. The number of aromatic amines is 1. The number of carbonyl (C=O) groups excluding carboxylic acids is 1. The number of hydrogen-bond donors (Lipinski definition) is 2. The Morgan fingerprint density at radius 1 is 1.14 bits per heavy atom. The lowest BCUT2D eigenvalue weighted by Gasteiger charge is -2.12. The summed E-state index contributed by atoms with van der Waals surface area (Å²) < 4.78 is 41.7. The maximum Gasteiger partial charge on any atom is 0.434 e. The highest BCUT2D eigenvalue weighted by molar-refractivity contribution is 6.30. The molecule has 4 aromatic rings. The maximum absolute atomic E-state index is 13.7. The molecular weight excluding hydrogens is 395 g/mol. The van der Waals surface area contributed by atoms with Crippen molar-refractivity contribution < 1.29 is 18.0 Å². The van der Waals surface area contributed by atoms with Crippen LogP contribution in [0.2, 0.25) is 5.02 Å². The molecule has 2 heterocycles. The summed E-state index contributed by atoms with van der Waals surface area (Å²) in [5.41, 5.74) is -0.536. The molecule has 2 aromatic heterocycles. The third-order valence-electron chi connectivity index (χ3n) is 3.96. The van der Waals surface area contributed by atoms with Gasteiger partial charge in [-0.05, 0) is 30.3 Å². The van der Waals surface area contributed by atoms with E-state index in [0.717, 1.165) is 6.20 Å². The monoisotopic (exact) mass is 405 g/mol. The number of anilines is 1. The lowest BCUT2D eigenvalue weighted by Crippen LogP contribution is -2.21. The number of halogens is 4. The van der Waals surface area contributed by atoms with Crippen LogP contribution in [0.3, 0.4) is 0 Å². The number of amides is 1. The average molecular weight is 406 g/mol. The lowest BCUT2D eigenvalue weighted by molar-refractivity contribution is -0.143. The Balaban J connectivity index is 1.73. The Morgan fingerprint density at radius 2 is 1.93 bits per heavy atom. The van der Waals surface area contributed by atoms with Gasteiger partial charge >= 0.3 is 6.18 Å². The fraction of sp³-hybridized carbons (Fsp3) is 0.0556. The Kier molecular flexibility index (Phi) is 4.31. The van der Waals surface area contributed by atoms with Crippen LogP contribution in [0.15, 0.2) is 54.7 Å². The van der Waals surface area contributed by atoms with E-state index in [1.54, 1.807) is 24.3 Å². The quantitative estimate of drug-likeness (QED) is 0.520. The molecule has 10 heteroatoms. The van der Waals surface area contributed by atoms with Crippen molar-refractivity contribution in [3.8, 4) is 5.69 Å². The number of imidazole rings is 1. The van der Waals surface area contributed by atoms with Gasteiger partial charge < -0.3 is 4.98 Å². The second kappa shape index (κ2) is 6.68. The van der Waals surface area contributed by atoms with Crippen molar-refractivity contribution in [2.24, 2.45) is 0 Å². The summed E-state index contributed by atoms with van der Waals surface area (Å²) in [6.07, 6.45) is -3.96. The van der Waals surface area contributed by atoms with Crippen LogP contribution in [0.4, 0.5) is 19.1 Å². The van der Waals surface area contributed by atoms with E-state index in [9.17, 15) is 18.0 Å². The normalized spacial score (nSPS) is 11.7. The number of benzene rings is 2. The molecule has 4 rings (SSSR count). The average Bonchev–Trinajstić information content (AvgIpc) is 3.25. The molecule has 0 aliphatic heterocycles. The summed E-state index contributed by atoms with van der Waals surface area (Å²) in [5, 5.41) is 6.34. The predicted octanol–water partition coefficient (Wildman–Crippen LogP) is 4.67. The second-order valence-electron chi connectivity index (χ2n) is 5.85. The number of rotatable bonds is 3. The molecule has 0 bridgehead atoms. The van der Waals surface area contributed by atoms with Crippen LogP contribution >= 0.6 is 11.6 Å². The molecule has 0 saturated heterocycles. The van der Waals surface area contributed by atoms with Crippen molar-refractivity contribution >= 4 is 34.5 Å². The molecule has 6 nitrogen and oxygen atoms in total. The van der Waals surface area contributed by atoms with Crippen LogP contribution in [-0.4, -0.2) is 25.7 Å². The van der Waals surface area contributed by atoms with E-state index in [4.69, 9.17) is 11.6 Å². The van der Waals surface area contributed by atoms with Crippen LogP contribution < -0.4 is 5.32 Å². The van der Waals surface area contributed by atoms with Gasteiger partial charge in [0.05, 0.1) is 28.5 Å². The highest BCUT2D eigenvalue weighted by atomic mass is 35.5. The van der Waals surface area contributed by atoms with Crippen LogP contribution in [-0.2, 0) is 6.18 Å². The number of aromatic nitrogens is 4. The lowest BCUT2D eigenvalue weighted by atomic mass is 10.2. The molecule has 0 atom stereocenters. The Labute approximate surface area is 161 Å². The number of fused-ring (bicyclic) bond motifs is 1. The first-order valence-corrected chi connectivity index (χ1v) is 8.38. The van der Waals surface area contributed by atoms with Crippen molar-refractivity contribution in [1.29, 1.82) is 0 Å². The van der Waals surface area contributed by atoms with Crippen molar-refractivity contribution in [2.75, 3.05) is 5.32 Å². The number of carbonyl (C=O) groups is 1. The minimum atomic E-state index is -4.82. The summed E-state index contributed by atoms with van der Waals surface area (Å²) in [7, 11) is 0. The molecule has 0 radical (unpaired) electrons. The van der Waals surface area contributed by atoms with E-state index >= 15 is 0 Å². The van der Waals surface area contributed by atoms with Gasteiger partial charge in [0.2, 0.25) is 5.95 Å². The zero-order valence-electron chi connectivity index (χ0n) is 14.0. The number of nitrogens with zero attached hydrogens (tertiary/aromatic N) is 3. The number of hydrogen-bond acceptors (Lipinski definition) is 3. The van der Waals surface area contributed by atoms with Crippen LogP contribution in [0.1, 0.15) is 16.1 Å². The smallest absolute Gasteiger partial charge is 0.324 e. The third kappa shape index (κ3) is 3.31. The zero-order chi connectivity index (χ0) is 19.9. The predicted molar refractivity (Wildman–Crippen MR) is 97.6 cm³/mol. The van der Waals surface area contributed by atoms with E-state index in [1.165, 1.54) is 24.3 Å². The molecule has 0 unspecified atom stereocenters. The van der Waals surface area contributed by atoms with Crippen molar-refractivity contribution in [3.05, 3.63) is 71.0 Å². The van der Waals surface area contributed by atoms with E-state index in [0.29, 0.717) is 15.7 Å². The zero-order valence-corrected chi connectivity index (χ0v) is 14.7. The molecule has 2 N–H and O–H groups in total. The van der Waals surface area contributed by atoms with E-state index in [2.05, 4.69) is 20.4 Å². The first-order valence-electron chi connectivity index (χ1n) is 8.00. The van der Waals surface area contributed by atoms with Gasteiger partial charge in [-0.25, -0.2) is 9.67 Å². The summed E-state index contributed by atoms with van der Waals surface area (Å²) >= 11 is 5.86. The van der Waals surface area contributed by atoms with E-state index in [1.807, 2.05) is 0 Å². The fourth-order valence-corrected chi connectivity index (χ4v) is 2.96. The van der Waals surface area contributed by atoms with Crippen LogP contribution in [0, 0.1) is 0 Å². The number of H-pyrrole nitrogens is 1. The summed E-state index contributed by atoms with van der Waals surface area (Å²) in [6, 6.07) is 12.7. The number of nitrogens with one attached hydrogen (secondary N) is 2. The first kappa shape index (κ1) is 18.1. The van der Waals surface area contributed by atoms with Gasteiger partial charge in [-0.1, -0.05) is 29.8 Å². The molecule has 142 valence electrons. The molecule has 0 saturated carbocycles. The molecule has 2 aromatic carbocycles. The minimum absolute atomic E-state index is 0.0369. The van der Waals surface area contributed by atoms with Gasteiger partial charge in [-0.2, -0.15) is 18.3 Å². The highest BCUT2D eigenvalue weighted by Gasteiger charge is 2.40. The van der Waals surface area contributed by atoms with Gasteiger partial charge in [0.25, 0.3) is 5.91 Å². The fourth-order valence-electron chi connectivity index (χ4n) is 2.78. The SMILES string of the molecule is O=C(Nc1nc2ccccc2[nH]1)c1cnn(-c2cccc(Cl)c2)c1C(F)(F)F. The molecule has 0 spiro atoms. The van der Waals surface area contributed by atoms with Crippen molar-refractivity contribution in [1.82, 2.24) is 19.7 Å². The Morgan fingerprint density at radius 3 is 2.64 bits per heavy atom. The number of alkyl halides is 3. The topological polar surface area (TPSA) is 75.6 Å². The molecule has 0 fully saturated rings. The molecule has 28 heavy (non-hydrogen) atoms. The van der Waals surface area contributed by atoms with Crippen molar-refractivity contribution in [2.45, 2.75) is 6.18 Å². The van der Waals surface area contributed by atoms with Gasteiger partial charge in [0.1, 0.15) is 0 Å². The molecule has 1 amide bonds. The maximum atomic E-state index is 13.7. The van der Waals surface area contributed by atoms with E-state index < -0.39 is 23.3 Å². The Bertz CT molecular complexity index is 1150. The molecule has 0 aliphatic rings. The van der Waals surface area contributed by atoms with Crippen LogP contribution in [0.25, 0.3) is 16.7 Å². The largest absolute Gasteiger partial charge is 0.434 e. The molecule has 0 aliphatic carbocycles. The summed E-state index contributed by atoms with van der Waals surface area (Å²) in [4.78, 5) is 19.5. The van der Waals surface area contributed by atoms with Gasteiger partial charge in [-0.3, -0.25) is 10.1 Å². The van der Waals surface area contributed by atoms with E-state index in [-0.39, 0.29) is 16.7 Å². The molecular formula is C18H11ClF3N5O. The standard InChI is InChI=1S/C18H11ClF3N5O/c19-10-4-3-5-11(8-10)27-15(18(20,21)22)12(9-23-27)16(28)26-17-24-13-6-1-2-7-14(13)25-17/h1-9H,(H2,24,25,26,28). The van der Waals surface area contributed by atoms with Gasteiger partial charge in [-0.15, -0.1) is 0 Å². The summed E-state index contributed by atoms with van der Waals surface area (Å²) in [6.45, 7) is 0. The van der Waals surface area contributed by atoms with Gasteiger partial charge in [0.15, 0.2) is 5.69 Å².